The Morgan fingerprint density at radius 2 is 2.44 bits per heavy atom. The van der Waals surface area contributed by atoms with E-state index in [1.54, 1.807) is 0 Å². The number of hydrogen-bond acceptors (Lipinski definition) is 2. The molecule has 0 aromatic carbocycles. The smallest absolute Gasteiger partial charge is 0.179 e. The molecule has 0 aromatic rings. The fraction of sp³-hybridized carbons (Fsp3) is 1.00. The molecule has 0 bridgehead atoms. The number of hydrogen-bond donors (Lipinski definition) is 0. The second kappa shape index (κ2) is 2.45. The molecule has 1 aliphatic rings. The summed E-state index contributed by atoms with van der Waals surface area (Å²) < 4.78 is 10.6. The molecule has 0 radical (unpaired) electrons. The van der Waals surface area contributed by atoms with E-state index >= 15 is 0 Å². The molecule has 9 heavy (non-hydrogen) atoms. The van der Waals surface area contributed by atoms with Crippen molar-refractivity contribution in [3.63, 3.8) is 0 Å². The maximum Gasteiger partial charge on any atom is 0.179 e. The van der Waals surface area contributed by atoms with Crippen molar-refractivity contribution in [2.24, 2.45) is 0 Å². The maximum absolute atomic E-state index is 5.56. The SMILES string of the molecule is CC1COC(C)(CCl)O1. The van der Waals surface area contributed by atoms with E-state index in [1.165, 1.54) is 0 Å². The van der Waals surface area contributed by atoms with Gasteiger partial charge in [0.1, 0.15) is 0 Å². The average Bonchev–Trinajstić information content (AvgIpc) is 2.13. The predicted octanol–water partition coefficient (Wildman–Crippen LogP) is 1.38. The van der Waals surface area contributed by atoms with Crippen molar-refractivity contribution < 1.29 is 9.47 Å². The Hall–Kier alpha value is 0.210. The van der Waals surface area contributed by atoms with Crippen molar-refractivity contribution in [3.8, 4) is 0 Å². The molecule has 1 fully saturated rings. The largest absolute Gasteiger partial charge is 0.346 e. The minimum absolute atomic E-state index is 0.189. The van der Waals surface area contributed by atoms with Crippen LogP contribution in [0.25, 0.3) is 0 Å². The molecule has 1 saturated heterocycles. The van der Waals surface area contributed by atoms with Gasteiger partial charge in [-0.05, 0) is 13.8 Å². The molecule has 3 heteroatoms. The van der Waals surface area contributed by atoms with Gasteiger partial charge in [-0.1, -0.05) is 0 Å². The molecule has 2 atom stereocenters. The van der Waals surface area contributed by atoms with Crippen molar-refractivity contribution in [2.75, 3.05) is 12.5 Å². The van der Waals surface area contributed by atoms with Crippen molar-refractivity contribution in [2.45, 2.75) is 25.7 Å². The number of alkyl halides is 1. The van der Waals surface area contributed by atoms with Crippen LogP contribution in [0.4, 0.5) is 0 Å². The van der Waals surface area contributed by atoms with Gasteiger partial charge in [0, 0.05) is 0 Å². The van der Waals surface area contributed by atoms with E-state index in [0.717, 1.165) is 0 Å². The molecule has 54 valence electrons. The summed E-state index contributed by atoms with van der Waals surface area (Å²) in [6.07, 6.45) is 0.189. The van der Waals surface area contributed by atoms with Crippen molar-refractivity contribution in [3.05, 3.63) is 0 Å². The minimum Gasteiger partial charge on any atom is -0.346 e. The molecule has 2 nitrogen and oxygen atoms in total. The molecule has 2 unspecified atom stereocenters. The van der Waals surface area contributed by atoms with E-state index in [-0.39, 0.29) is 6.10 Å². The van der Waals surface area contributed by atoms with E-state index in [4.69, 9.17) is 21.1 Å². The zero-order valence-corrected chi connectivity index (χ0v) is 6.44. The first-order chi connectivity index (χ1) is 4.16. The summed E-state index contributed by atoms with van der Waals surface area (Å²) in [5.74, 6) is -0.127. The highest BCUT2D eigenvalue weighted by Crippen LogP contribution is 2.23. The monoisotopic (exact) mass is 150 g/mol. The van der Waals surface area contributed by atoms with Gasteiger partial charge in [0.05, 0.1) is 18.6 Å². The summed E-state index contributed by atoms with van der Waals surface area (Å²) in [5.41, 5.74) is 0. The van der Waals surface area contributed by atoms with Crippen LogP contribution in [0, 0.1) is 0 Å². The van der Waals surface area contributed by atoms with E-state index in [2.05, 4.69) is 0 Å². The lowest BCUT2D eigenvalue weighted by Crippen LogP contribution is -2.28. The quantitative estimate of drug-likeness (QED) is 0.526. The van der Waals surface area contributed by atoms with E-state index in [9.17, 15) is 0 Å². The van der Waals surface area contributed by atoms with Crippen LogP contribution < -0.4 is 0 Å². The van der Waals surface area contributed by atoms with E-state index in [0.29, 0.717) is 12.5 Å². The molecule has 0 aromatic heterocycles. The summed E-state index contributed by atoms with van der Waals surface area (Å²) >= 11 is 5.56. The molecule has 0 N–H and O–H groups in total. The lowest BCUT2D eigenvalue weighted by molar-refractivity contribution is -0.133. The van der Waals surface area contributed by atoms with Crippen LogP contribution in [0.5, 0.6) is 0 Å². The third kappa shape index (κ3) is 1.57. The average molecular weight is 151 g/mol. The van der Waals surface area contributed by atoms with Crippen LogP contribution in [0.15, 0.2) is 0 Å². The Morgan fingerprint density at radius 1 is 1.78 bits per heavy atom. The Labute approximate surface area is 60.1 Å². The van der Waals surface area contributed by atoms with Crippen LogP contribution >= 0.6 is 11.6 Å². The first kappa shape index (κ1) is 7.32. The van der Waals surface area contributed by atoms with Gasteiger partial charge in [-0.3, -0.25) is 0 Å². The van der Waals surface area contributed by atoms with Gasteiger partial charge in [-0.2, -0.15) is 0 Å². The minimum atomic E-state index is -0.527. The van der Waals surface area contributed by atoms with Crippen LogP contribution in [0.3, 0.4) is 0 Å². The van der Waals surface area contributed by atoms with Crippen LogP contribution in [-0.2, 0) is 9.47 Å². The highest BCUT2D eigenvalue weighted by molar-refractivity contribution is 6.18. The van der Waals surface area contributed by atoms with Gasteiger partial charge in [-0.15, -0.1) is 11.6 Å². The number of ether oxygens (including phenoxy) is 2. The van der Waals surface area contributed by atoms with Crippen molar-refractivity contribution >= 4 is 11.6 Å². The summed E-state index contributed by atoms with van der Waals surface area (Å²) in [4.78, 5) is 0. The fourth-order valence-electron chi connectivity index (χ4n) is 0.857. The molecular weight excluding hydrogens is 140 g/mol. The standard InChI is InChI=1S/C6H11ClO2/c1-5-3-8-6(2,4-7)9-5/h5H,3-4H2,1-2H3. The van der Waals surface area contributed by atoms with Crippen LogP contribution in [-0.4, -0.2) is 24.4 Å². The van der Waals surface area contributed by atoms with Crippen LogP contribution in [0.2, 0.25) is 0 Å². The summed E-state index contributed by atoms with van der Waals surface area (Å²) in [7, 11) is 0. The third-order valence-corrected chi connectivity index (χ3v) is 1.80. The summed E-state index contributed by atoms with van der Waals surface area (Å²) in [5, 5.41) is 0. The molecule has 1 heterocycles. The van der Waals surface area contributed by atoms with E-state index in [1.807, 2.05) is 13.8 Å². The van der Waals surface area contributed by atoms with Gasteiger partial charge in [0.2, 0.25) is 0 Å². The zero-order chi connectivity index (χ0) is 6.91. The maximum atomic E-state index is 5.56. The second-order valence-corrected chi connectivity index (χ2v) is 2.77. The van der Waals surface area contributed by atoms with Crippen molar-refractivity contribution in [1.82, 2.24) is 0 Å². The van der Waals surface area contributed by atoms with Gasteiger partial charge in [0.25, 0.3) is 0 Å². The van der Waals surface area contributed by atoms with Gasteiger partial charge in [-0.25, -0.2) is 0 Å². The highest BCUT2D eigenvalue weighted by atomic mass is 35.5. The summed E-state index contributed by atoms with van der Waals surface area (Å²) in [6.45, 7) is 4.48. The molecule has 0 aliphatic carbocycles. The van der Waals surface area contributed by atoms with Gasteiger partial charge in [0.15, 0.2) is 5.79 Å². The Balaban J connectivity index is 2.45. The zero-order valence-electron chi connectivity index (χ0n) is 5.69. The fourth-order valence-corrected chi connectivity index (χ4v) is 0.997. The lowest BCUT2D eigenvalue weighted by atomic mass is 10.4. The lowest BCUT2D eigenvalue weighted by Gasteiger charge is -2.18. The molecular formula is C6H11ClO2. The Bertz CT molecular complexity index is 107. The first-order valence-corrected chi connectivity index (χ1v) is 3.57. The molecule has 1 aliphatic heterocycles. The van der Waals surface area contributed by atoms with Crippen molar-refractivity contribution in [1.29, 1.82) is 0 Å². The summed E-state index contributed by atoms with van der Waals surface area (Å²) in [6, 6.07) is 0. The molecule has 1 rings (SSSR count). The second-order valence-electron chi connectivity index (χ2n) is 2.51. The Morgan fingerprint density at radius 3 is 2.67 bits per heavy atom. The van der Waals surface area contributed by atoms with E-state index < -0.39 is 5.79 Å². The molecule has 0 spiro atoms. The molecule has 0 amide bonds. The Kier molecular flexibility index (Phi) is 1.99. The number of halogens is 1. The molecule has 0 saturated carbocycles. The van der Waals surface area contributed by atoms with Gasteiger partial charge < -0.3 is 9.47 Å². The third-order valence-electron chi connectivity index (χ3n) is 1.32. The number of rotatable bonds is 1. The van der Waals surface area contributed by atoms with Crippen LogP contribution in [0.1, 0.15) is 13.8 Å². The topological polar surface area (TPSA) is 18.5 Å². The van der Waals surface area contributed by atoms with Gasteiger partial charge >= 0.3 is 0 Å². The predicted molar refractivity (Wildman–Crippen MR) is 35.6 cm³/mol. The normalized spacial score (nSPS) is 43.7. The first-order valence-electron chi connectivity index (χ1n) is 3.04. The highest BCUT2D eigenvalue weighted by Gasteiger charge is 2.33.